The highest BCUT2D eigenvalue weighted by molar-refractivity contribution is 7.07. The third-order valence-corrected chi connectivity index (χ3v) is 5.31. The van der Waals surface area contributed by atoms with E-state index < -0.39 is 0 Å². The van der Waals surface area contributed by atoms with E-state index in [1.807, 2.05) is 5.51 Å². The van der Waals surface area contributed by atoms with Crippen molar-refractivity contribution in [3.63, 3.8) is 0 Å². The van der Waals surface area contributed by atoms with Gasteiger partial charge in [0.25, 0.3) is 0 Å². The maximum absolute atomic E-state index is 4.39. The summed E-state index contributed by atoms with van der Waals surface area (Å²) in [6.07, 6.45) is 8.34. The molecule has 0 aromatic carbocycles. The number of piperazine rings is 1. The average molecular weight is 279 g/mol. The number of aromatic nitrogens is 1. The van der Waals surface area contributed by atoms with E-state index in [1.165, 1.54) is 57.4 Å². The predicted octanol–water partition coefficient (Wildman–Crippen LogP) is 2.54. The molecule has 2 heterocycles. The summed E-state index contributed by atoms with van der Waals surface area (Å²) in [4.78, 5) is 7.02. The molecule has 1 aromatic heterocycles. The van der Waals surface area contributed by atoms with Gasteiger partial charge in [0, 0.05) is 44.0 Å². The average Bonchev–Trinajstić information content (AvgIpc) is 3.00. The third-order valence-electron chi connectivity index (χ3n) is 4.68. The first-order chi connectivity index (χ1) is 9.42. The molecule has 0 spiro atoms. The van der Waals surface area contributed by atoms with Gasteiger partial charge in [-0.15, -0.1) is 11.3 Å². The Balaban J connectivity index is 1.47. The second kappa shape index (κ2) is 6.82. The molecule has 1 aromatic rings. The Hall–Kier alpha value is -0.450. The fourth-order valence-electron chi connectivity index (χ4n) is 3.53. The zero-order valence-corrected chi connectivity index (χ0v) is 12.5. The maximum Gasteiger partial charge on any atom is 0.0794 e. The molecule has 1 N–H and O–H groups in total. The molecule has 1 unspecified atom stereocenters. The minimum Gasteiger partial charge on any atom is -0.311 e. The van der Waals surface area contributed by atoms with Gasteiger partial charge in [0.05, 0.1) is 11.2 Å². The molecule has 19 heavy (non-hydrogen) atoms. The SMILES string of the molecule is c1nc(CCN2CCNC(C3CCCCC3)C2)cs1. The minimum absolute atomic E-state index is 0.740. The van der Waals surface area contributed by atoms with Gasteiger partial charge in [0.1, 0.15) is 0 Å². The summed E-state index contributed by atoms with van der Waals surface area (Å²) in [5.74, 6) is 0.927. The van der Waals surface area contributed by atoms with Gasteiger partial charge in [0.15, 0.2) is 0 Å². The molecule has 1 aliphatic heterocycles. The van der Waals surface area contributed by atoms with Crippen molar-refractivity contribution in [3.05, 3.63) is 16.6 Å². The Morgan fingerprint density at radius 1 is 1.32 bits per heavy atom. The van der Waals surface area contributed by atoms with Crippen LogP contribution in [0.5, 0.6) is 0 Å². The van der Waals surface area contributed by atoms with E-state index in [-0.39, 0.29) is 0 Å². The van der Waals surface area contributed by atoms with Crippen LogP contribution in [0.3, 0.4) is 0 Å². The molecular formula is C15H25N3S. The standard InChI is InChI=1S/C15H25N3S/c1-2-4-13(5-3-1)15-10-18(9-7-16-15)8-6-14-11-19-12-17-14/h11-13,15-16H,1-10H2. The van der Waals surface area contributed by atoms with Crippen molar-refractivity contribution in [1.29, 1.82) is 0 Å². The van der Waals surface area contributed by atoms with Gasteiger partial charge in [0.2, 0.25) is 0 Å². The van der Waals surface area contributed by atoms with Crippen molar-refractivity contribution in [3.8, 4) is 0 Å². The monoisotopic (exact) mass is 279 g/mol. The number of hydrogen-bond donors (Lipinski definition) is 1. The molecule has 4 heteroatoms. The first kappa shape index (κ1) is 13.5. The van der Waals surface area contributed by atoms with Crippen molar-refractivity contribution < 1.29 is 0 Å². The largest absolute Gasteiger partial charge is 0.311 e. The minimum atomic E-state index is 0.740. The van der Waals surface area contributed by atoms with Gasteiger partial charge in [-0.25, -0.2) is 4.98 Å². The Morgan fingerprint density at radius 3 is 3.00 bits per heavy atom. The van der Waals surface area contributed by atoms with Gasteiger partial charge in [-0.05, 0) is 18.8 Å². The van der Waals surface area contributed by atoms with Crippen LogP contribution in [0.25, 0.3) is 0 Å². The fourth-order valence-corrected chi connectivity index (χ4v) is 4.12. The van der Waals surface area contributed by atoms with Crippen molar-refractivity contribution in [2.24, 2.45) is 5.92 Å². The van der Waals surface area contributed by atoms with E-state index >= 15 is 0 Å². The summed E-state index contributed by atoms with van der Waals surface area (Å²) in [5, 5.41) is 5.94. The van der Waals surface area contributed by atoms with Crippen LogP contribution in [0.2, 0.25) is 0 Å². The fraction of sp³-hybridized carbons (Fsp3) is 0.800. The number of thiazole rings is 1. The van der Waals surface area contributed by atoms with Crippen molar-refractivity contribution in [2.45, 2.75) is 44.6 Å². The van der Waals surface area contributed by atoms with Gasteiger partial charge in [-0.1, -0.05) is 19.3 Å². The van der Waals surface area contributed by atoms with Crippen LogP contribution in [0.1, 0.15) is 37.8 Å². The van der Waals surface area contributed by atoms with Gasteiger partial charge in [-0.3, -0.25) is 0 Å². The van der Waals surface area contributed by atoms with Crippen LogP contribution in [-0.2, 0) is 6.42 Å². The summed E-state index contributed by atoms with van der Waals surface area (Å²) in [6.45, 7) is 4.79. The Labute approximate surface area is 120 Å². The number of rotatable bonds is 4. The van der Waals surface area contributed by atoms with Gasteiger partial charge in [-0.2, -0.15) is 0 Å². The zero-order chi connectivity index (χ0) is 12.9. The van der Waals surface area contributed by atoms with E-state index in [0.29, 0.717) is 0 Å². The zero-order valence-electron chi connectivity index (χ0n) is 11.7. The lowest BCUT2D eigenvalue weighted by atomic mass is 9.83. The second-order valence-corrected chi connectivity index (χ2v) is 6.71. The molecule has 1 saturated heterocycles. The van der Waals surface area contributed by atoms with E-state index in [2.05, 4.69) is 20.6 Å². The molecule has 2 aliphatic rings. The Bertz CT molecular complexity index is 359. The molecule has 0 radical (unpaired) electrons. The highest BCUT2D eigenvalue weighted by atomic mass is 32.1. The Morgan fingerprint density at radius 2 is 2.21 bits per heavy atom. The summed E-state index contributed by atoms with van der Waals surface area (Å²) in [7, 11) is 0. The molecule has 1 atom stereocenters. The van der Waals surface area contributed by atoms with Crippen LogP contribution in [0.4, 0.5) is 0 Å². The lowest BCUT2D eigenvalue weighted by Gasteiger charge is -2.39. The number of hydrogen-bond acceptors (Lipinski definition) is 4. The second-order valence-electron chi connectivity index (χ2n) is 5.99. The van der Waals surface area contributed by atoms with Gasteiger partial charge >= 0.3 is 0 Å². The van der Waals surface area contributed by atoms with E-state index in [0.717, 1.165) is 24.9 Å². The van der Waals surface area contributed by atoms with Crippen LogP contribution in [0.15, 0.2) is 10.9 Å². The van der Waals surface area contributed by atoms with Crippen LogP contribution >= 0.6 is 11.3 Å². The normalized spacial score (nSPS) is 26.6. The molecule has 1 saturated carbocycles. The molecule has 3 rings (SSSR count). The molecule has 2 fully saturated rings. The summed E-state index contributed by atoms with van der Waals surface area (Å²) in [5.41, 5.74) is 3.20. The topological polar surface area (TPSA) is 28.2 Å². The van der Waals surface area contributed by atoms with Crippen LogP contribution in [-0.4, -0.2) is 42.1 Å². The Kier molecular flexibility index (Phi) is 4.86. The lowest BCUT2D eigenvalue weighted by Crippen LogP contribution is -2.54. The molecule has 1 aliphatic carbocycles. The summed E-state index contributed by atoms with van der Waals surface area (Å²) in [6, 6.07) is 0.740. The molecular weight excluding hydrogens is 254 g/mol. The number of nitrogens with one attached hydrogen (secondary N) is 1. The third kappa shape index (κ3) is 3.77. The van der Waals surface area contributed by atoms with Gasteiger partial charge < -0.3 is 10.2 Å². The lowest BCUT2D eigenvalue weighted by molar-refractivity contribution is 0.147. The van der Waals surface area contributed by atoms with Crippen LogP contribution in [0, 0.1) is 5.92 Å². The van der Waals surface area contributed by atoms with Crippen LogP contribution < -0.4 is 5.32 Å². The first-order valence-corrected chi connectivity index (χ1v) is 8.69. The van der Waals surface area contributed by atoms with E-state index in [1.54, 1.807) is 11.3 Å². The predicted molar refractivity (Wildman–Crippen MR) is 80.6 cm³/mol. The number of nitrogens with zero attached hydrogens (tertiary/aromatic N) is 2. The molecule has 0 bridgehead atoms. The highest BCUT2D eigenvalue weighted by Crippen LogP contribution is 2.27. The van der Waals surface area contributed by atoms with Crippen molar-refractivity contribution in [1.82, 2.24) is 15.2 Å². The summed E-state index contributed by atoms with van der Waals surface area (Å²) >= 11 is 1.71. The smallest absolute Gasteiger partial charge is 0.0794 e. The first-order valence-electron chi connectivity index (χ1n) is 7.74. The van der Waals surface area contributed by atoms with E-state index in [4.69, 9.17) is 0 Å². The maximum atomic E-state index is 4.39. The highest BCUT2D eigenvalue weighted by Gasteiger charge is 2.27. The molecule has 0 amide bonds. The quantitative estimate of drug-likeness (QED) is 0.918. The van der Waals surface area contributed by atoms with Crippen molar-refractivity contribution >= 4 is 11.3 Å². The van der Waals surface area contributed by atoms with Crippen molar-refractivity contribution in [2.75, 3.05) is 26.2 Å². The summed E-state index contributed by atoms with van der Waals surface area (Å²) < 4.78 is 0. The molecule has 106 valence electrons. The van der Waals surface area contributed by atoms with E-state index in [9.17, 15) is 0 Å². The molecule has 3 nitrogen and oxygen atoms in total.